The van der Waals surface area contributed by atoms with Gasteiger partial charge in [-0.25, -0.2) is 0 Å². The molecule has 0 aliphatic rings. The van der Waals surface area contributed by atoms with Crippen LogP contribution in [0.25, 0.3) is 0 Å². The molecule has 8 heteroatoms. The second-order valence-electron chi connectivity index (χ2n) is 5.22. The number of carbonyl (C=O) groups excluding carboxylic acids is 1. The van der Waals surface area contributed by atoms with Crippen molar-refractivity contribution >= 4 is 23.0 Å². The van der Waals surface area contributed by atoms with E-state index in [1.807, 2.05) is 0 Å². The van der Waals surface area contributed by atoms with Gasteiger partial charge in [-0.2, -0.15) is 0 Å². The summed E-state index contributed by atoms with van der Waals surface area (Å²) < 4.78 is 10.3. The Hall–Kier alpha value is -3.29. The Kier molecular flexibility index (Phi) is 5.78. The van der Waals surface area contributed by atoms with Crippen molar-refractivity contribution in [2.45, 2.75) is 6.92 Å². The number of anilines is 2. The van der Waals surface area contributed by atoms with E-state index in [9.17, 15) is 14.9 Å². The maximum atomic E-state index is 12.1. The van der Waals surface area contributed by atoms with Gasteiger partial charge in [-0.1, -0.05) is 6.07 Å². The number of hydrogen-bond donors (Lipinski definition) is 2. The zero-order chi connectivity index (χ0) is 18.4. The summed E-state index contributed by atoms with van der Waals surface area (Å²) in [5.41, 5.74) is 1.81. The van der Waals surface area contributed by atoms with Crippen LogP contribution in [0.1, 0.15) is 5.56 Å². The lowest BCUT2D eigenvalue weighted by atomic mass is 10.2. The Morgan fingerprint density at radius 2 is 1.88 bits per heavy atom. The lowest BCUT2D eigenvalue weighted by molar-refractivity contribution is -0.384. The van der Waals surface area contributed by atoms with Gasteiger partial charge in [-0.15, -0.1) is 0 Å². The highest BCUT2D eigenvalue weighted by atomic mass is 16.6. The van der Waals surface area contributed by atoms with Crippen LogP contribution in [0.3, 0.4) is 0 Å². The number of nitro groups is 1. The van der Waals surface area contributed by atoms with E-state index in [0.29, 0.717) is 22.9 Å². The van der Waals surface area contributed by atoms with Crippen molar-refractivity contribution < 1.29 is 19.2 Å². The largest absolute Gasteiger partial charge is 0.497 e. The Labute approximate surface area is 144 Å². The lowest BCUT2D eigenvalue weighted by Gasteiger charge is -2.13. The van der Waals surface area contributed by atoms with Gasteiger partial charge in [0.1, 0.15) is 11.5 Å². The first-order chi connectivity index (χ1) is 11.9. The number of non-ortho nitro benzene ring substituents is 1. The minimum absolute atomic E-state index is 0.0367. The molecule has 1 amide bonds. The first-order valence-electron chi connectivity index (χ1n) is 7.45. The highest BCUT2D eigenvalue weighted by molar-refractivity contribution is 5.95. The van der Waals surface area contributed by atoms with Crippen molar-refractivity contribution in [1.29, 1.82) is 0 Å². The number of rotatable bonds is 7. The summed E-state index contributed by atoms with van der Waals surface area (Å²) in [6, 6.07) is 9.49. The van der Waals surface area contributed by atoms with Crippen molar-refractivity contribution in [2.24, 2.45) is 0 Å². The van der Waals surface area contributed by atoms with E-state index >= 15 is 0 Å². The Morgan fingerprint density at radius 3 is 2.52 bits per heavy atom. The fourth-order valence-corrected chi connectivity index (χ4v) is 2.19. The third-order valence-corrected chi connectivity index (χ3v) is 3.55. The van der Waals surface area contributed by atoms with Gasteiger partial charge < -0.3 is 20.1 Å². The summed E-state index contributed by atoms with van der Waals surface area (Å²) in [6.07, 6.45) is 0. The van der Waals surface area contributed by atoms with Gasteiger partial charge >= 0.3 is 0 Å². The summed E-state index contributed by atoms with van der Waals surface area (Å²) in [5, 5.41) is 16.5. The van der Waals surface area contributed by atoms with E-state index in [1.54, 1.807) is 38.3 Å². The maximum absolute atomic E-state index is 12.1. The zero-order valence-corrected chi connectivity index (χ0v) is 14.2. The number of nitrogens with one attached hydrogen (secondary N) is 2. The van der Waals surface area contributed by atoms with Crippen molar-refractivity contribution in [3.05, 3.63) is 52.1 Å². The highest BCUT2D eigenvalue weighted by Gasteiger charge is 2.11. The van der Waals surface area contributed by atoms with E-state index in [0.717, 1.165) is 5.56 Å². The molecule has 0 fully saturated rings. The monoisotopic (exact) mass is 345 g/mol. The van der Waals surface area contributed by atoms with Gasteiger partial charge in [-0.3, -0.25) is 14.9 Å². The molecule has 0 bridgehead atoms. The molecule has 0 radical (unpaired) electrons. The summed E-state index contributed by atoms with van der Waals surface area (Å²) in [7, 11) is 3.04. The topological polar surface area (TPSA) is 103 Å². The summed E-state index contributed by atoms with van der Waals surface area (Å²) in [5.74, 6) is 0.772. The van der Waals surface area contributed by atoms with Crippen LogP contribution in [-0.4, -0.2) is 31.6 Å². The van der Waals surface area contributed by atoms with Gasteiger partial charge in [0.05, 0.1) is 31.4 Å². The van der Waals surface area contributed by atoms with Crippen molar-refractivity contribution in [3.8, 4) is 11.5 Å². The molecule has 2 aromatic carbocycles. The Morgan fingerprint density at radius 1 is 1.12 bits per heavy atom. The Bertz CT molecular complexity index is 792. The summed E-state index contributed by atoms with van der Waals surface area (Å²) in [4.78, 5) is 22.5. The number of hydrogen-bond acceptors (Lipinski definition) is 6. The molecule has 8 nitrogen and oxygen atoms in total. The fraction of sp³-hybridized carbons (Fsp3) is 0.235. The number of carbonyl (C=O) groups is 1. The number of aryl methyl sites for hydroxylation is 1. The minimum Gasteiger partial charge on any atom is -0.497 e. The second-order valence-corrected chi connectivity index (χ2v) is 5.22. The molecule has 2 aromatic rings. The van der Waals surface area contributed by atoms with Crippen LogP contribution >= 0.6 is 0 Å². The first-order valence-corrected chi connectivity index (χ1v) is 7.45. The number of amides is 1. The molecule has 25 heavy (non-hydrogen) atoms. The molecular weight excluding hydrogens is 326 g/mol. The summed E-state index contributed by atoms with van der Waals surface area (Å²) >= 11 is 0. The van der Waals surface area contributed by atoms with Crippen molar-refractivity contribution in [3.63, 3.8) is 0 Å². The van der Waals surface area contributed by atoms with Gasteiger partial charge in [-0.05, 0) is 24.6 Å². The third-order valence-electron chi connectivity index (χ3n) is 3.55. The third kappa shape index (κ3) is 4.60. The molecule has 0 saturated carbocycles. The second kappa shape index (κ2) is 8.00. The van der Waals surface area contributed by atoms with Gasteiger partial charge in [0.25, 0.3) is 5.69 Å². The highest BCUT2D eigenvalue weighted by Crippen LogP contribution is 2.29. The first kappa shape index (κ1) is 18.1. The molecule has 0 aliphatic carbocycles. The molecule has 0 saturated heterocycles. The van der Waals surface area contributed by atoms with Crippen molar-refractivity contribution in [2.75, 3.05) is 31.4 Å². The molecule has 0 aromatic heterocycles. The van der Waals surface area contributed by atoms with Crippen LogP contribution < -0.4 is 20.1 Å². The van der Waals surface area contributed by atoms with E-state index in [2.05, 4.69) is 10.6 Å². The molecule has 2 N–H and O–H groups in total. The lowest BCUT2D eigenvalue weighted by Crippen LogP contribution is -2.22. The summed E-state index contributed by atoms with van der Waals surface area (Å²) in [6.45, 7) is 1.76. The van der Waals surface area contributed by atoms with E-state index < -0.39 is 4.92 Å². The predicted octanol–water partition coefficient (Wildman–Crippen LogP) is 2.97. The van der Waals surface area contributed by atoms with Crippen LogP contribution in [0, 0.1) is 17.0 Å². The zero-order valence-electron chi connectivity index (χ0n) is 14.2. The number of nitrogens with zero attached hydrogens (tertiary/aromatic N) is 1. The van der Waals surface area contributed by atoms with Crippen molar-refractivity contribution in [1.82, 2.24) is 0 Å². The minimum atomic E-state index is -0.479. The Balaban J connectivity index is 2.04. The smallest absolute Gasteiger partial charge is 0.271 e. The molecule has 0 aliphatic heterocycles. The predicted molar refractivity (Wildman–Crippen MR) is 94.5 cm³/mol. The number of benzene rings is 2. The van der Waals surface area contributed by atoms with Gasteiger partial charge in [0.2, 0.25) is 5.91 Å². The number of methoxy groups -OCH3 is 2. The molecule has 2 rings (SSSR count). The number of ether oxygens (including phenoxy) is 2. The van der Waals surface area contributed by atoms with E-state index in [4.69, 9.17) is 9.47 Å². The van der Waals surface area contributed by atoms with Crippen LogP contribution in [-0.2, 0) is 4.79 Å². The van der Waals surface area contributed by atoms with Crippen LogP contribution in [0.15, 0.2) is 36.4 Å². The van der Waals surface area contributed by atoms with Gasteiger partial charge in [0.15, 0.2) is 0 Å². The molecule has 0 heterocycles. The quantitative estimate of drug-likeness (QED) is 0.591. The number of nitro benzene ring substituents is 1. The molecular formula is C17H19N3O5. The average Bonchev–Trinajstić information content (AvgIpc) is 2.61. The SMILES string of the molecule is COc1ccc(NC(=O)CNc2cc([N+](=O)[O-])ccc2C)c(OC)c1. The normalized spacial score (nSPS) is 10.0. The standard InChI is InChI=1S/C17H19N3O5/c1-11-4-5-12(20(22)23)8-15(11)18-10-17(21)19-14-7-6-13(24-2)9-16(14)25-3/h4-9,18H,10H2,1-3H3,(H,19,21). The van der Waals surface area contributed by atoms with Gasteiger partial charge in [0, 0.05) is 23.9 Å². The average molecular weight is 345 g/mol. The van der Waals surface area contributed by atoms with Crippen LogP contribution in [0.2, 0.25) is 0 Å². The molecule has 132 valence electrons. The van der Waals surface area contributed by atoms with E-state index in [1.165, 1.54) is 19.2 Å². The van der Waals surface area contributed by atoms with E-state index in [-0.39, 0.29) is 18.1 Å². The maximum Gasteiger partial charge on any atom is 0.271 e. The van der Waals surface area contributed by atoms with Crippen LogP contribution in [0.4, 0.5) is 17.1 Å². The molecule has 0 atom stereocenters. The van der Waals surface area contributed by atoms with Crippen LogP contribution in [0.5, 0.6) is 11.5 Å². The fourth-order valence-electron chi connectivity index (χ4n) is 2.19. The molecule has 0 unspecified atom stereocenters. The molecule has 0 spiro atoms.